The van der Waals surface area contributed by atoms with Gasteiger partial charge in [0.05, 0.1) is 44.0 Å². The predicted molar refractivity (Wildman–Crippen MR) is 144 cm³/mol. The van der Waals surface area contributed by atoms with Gasteiger partial charge in [-0.3, -0.25) is 23.5 Å². The van der Waals surface area contributed by atoms with Crippen LogP contribution in [0.5, 0.6) is 5.75 Å². The molecule has 14 nitrogen and oxygen atoms in total. The smallest absolute Gasteiger partial charge is 0.394 e. The summed E-state index contributed by atoms with van der Waals surface area (Å²) in [5.41, 5.74) is 3.17. The van der Waals surface area contributed by atoms with Crippen LogP contribution in [-0.4, -0.2) is 91.4 Å². The van der Waals surface area contributed by atoms with Crippen LogP contribution in [0.2, 0.25) is 0 Å². The number of morpholine rings is 1. The Morgan fingerprint density at radius 3 is 2.42 bits per heavy atom. The lowest BCUT2D eigenvalue weighted by molar-refractivity contribution is 0.0322. The molecule has 0 saturated carbocycles. The Hall–Kier alpha value is -4.02. The zero-order valence-electron chi connectivity index (χ0n) is 21.7. The van der Waals surface area contributed by atoms with E-state index in [1.807, 2.05) is 37.5 Å². The summed E-state index contributed by atoms with van der Waals surface area (Å²) in [4.78, 5) is 23.7. The van der Waals surface area contributed by atoms with E-state index in [-0.39, 0.29) is 5.56 Å². The van der Waals surface area contributed by atoms with Crippen molar-refractivity contribution in [2.75, 3.05) is 39.5 Å². The van der Waals surface area contributed by atoms with Crippen molar-refractivity contribution >= 4 is 10.4 Å². The van der Waals surface area contributed by atoms with E-state index in [1.165, 1.54) is 10.7 Å². The summed E-state index contributed by atoms with van der Waals surface area (Å²) in [6.45, 7) is 5.19. The standard InChI is InChI=1S/C25H27N7O3.H2O4S/c1-30-18-21(14-28-30)23-5-6-24(33)32(29-23)17-19-3-2-4-20(13-19)25-26-15-22(16-27-25)35-12-9-31-7-10-34-11-8-31;1-5(2,3)4/h2-6,13-16,18H,7-12,17H2,1H3;(H2,1,2,3,4). The van der Waals surface area contributed by atoms with E-state index >= 15 is 0 Å². The molecular formula is C25H29N7O7S. The quantitative estimate of drug-likeness (QED) is 0.290. The van der Waals surface area contributed by atoms with Crippen LogP contribution >= 0.6 is 0 Å². The number of aromatic nitrogens is 6. The van der Waals surface area contributed by atoms with Crippen molar-refractivity contribution in [2.24, 2.45) is 7.05 Å². The lowest BCUT2D eigenvalue weighted by atomic mass is 10.1. The van der Waals surface area contributed by atoms with Crippen molar-refractivity contribution in [1.29, 1.82) is 0 Å². The number of nitrogens with zero attached hydrogens (tertiary/aromatic N) is 7. The molecule has 4 aromatic rings. The minimum Gasteiger partial charge on any atom is -0.489 e. The van der Waals surface area contributed by atoms with E-state index in [0.29, 0.717) is 30.4 Å². The summed E-state index contributed by atoms with van der Waals surface area (Å²) in [5.74, 6) is 1.23. The third-order valence-electron chi connectivity index (χ3n) is 5.79. The summed E-state index contributed by atoms with van der Waals surface area (Å²) >= 11 is 0. The topological polar surface area (TPSA) is 175 Å². The molecule has 1 aromatic carbocycles. The molecule has 0 unspecified atom stereocenters. The molecule has 3 aromatic heterocycles. The van der Waals surface area contributed by atoms with E-state index in [1.54, 1.807) is 29.3 Å². The second-order valence-electron chi connectivity index (χ2n) is 8.81. The third-order valence-corrected chi connectivity index (χ3v) is 5.79. The predicted octanol–water partition coefficient (Wildman–Crippen LogP) is 1.21. The number of aryl methyl sites for hydroxylation is 1. The normalized spacial score (nSPS) is 13.9. The monoisotopic (exact) mass is 571 g/mol. The molecule has 212 valence electrons. The van der Waals surface area contributed by atoms with Crippen molar-refractivity contribution < 1.29 is 27.0 Å². The maximum absolute atomic E-state index is 12.4. The first-order valence-corrected chi connectivity index (χ1v) is 13.6. The molecule has 0 bridgehead atoms. The fraction of sp³-hybridized carbons (Fsp3) is 0.320. The van der Waals surface area contributed by atoms with Crippen LogP contribution in [-0.2, 0) is 28.7 Å². The fourth-order valence-electron chi connectivity index (χ4n) is 3.91. The molecule has 1 fully saturated rings. The van der Waals surface area contributed by atoms with Gasteiger partial charge in [0.1, 0.15) is 6.61 Å². The van der Waals surface area contributed by atoms with Gasteiger partial charge in [0.25, 0.3) is 5.56 Å². The van der Waals surface area contributed by atoms with Crippen molar-refractivity contribution in [1.82, 2.24) is 34.4 Å². The average Bonchev–Trinajstić information content (AvgIpc) is 3.36. The maximum Gasteiger partial charge on any atom is 0.394 e. The van der Waals surface area contributed by atoms with E-state index < -0.39 is 10.4 Å². The summed E-state index contributed by atoms with van der Waals surface area (Å²) in [7, 11) is -2.82. The summed E-state index contributed by atoms with van der Waals surface area (Å²) < 4.78 is 45.9. The van der Waals surface area contributed by atoms with Gasteiger partial charge < -0.3 is 9.47 Å². The number of hydrogen-bond acceptors (Lipinski definition) is 10. The second kappa shape index (κ2) is 13.4. The van der Waals surface area contributed by atoms with Gasteiger partial charge in [-0.05, 0) is 17.7 Å². The number of rotatable bonds is 8. The molecular weight excluding hydrogens is 542 g/mol. The van der Waals surface area contributed by atoms with Crippen LogP contribution < -0.4 is 10.3 Å². The van der Waals surface area contributed by atoms with Crippen LogP contribution in [0.15, 0.2) is 66.0 Å². The molecule has 0 aliphatic carbocycles. The van der Waals surface area contributed by atoms with Gasteiger partial charge in [-0.1, -0.05) is 18.2 Å². The van der Waals surface area contributed by atoms with Crippen molar-refractivity contribution in [3.05, 3.63) is 77.1 Å². The summed E-state index contributed by atoms with van der Waals surface area (Å²) in [5, 5.41) is 8.70. The van der Waals surface area contributed by atoms with Crippen LogP contribution in [0, 0.1) is 0 Å². The molecule has 1 aliphatic heterocycles. The highest BCUT2D eigenvalue weighted by atomic mass is 32.3. The first kappa shape index (κ1) is 29.0. The lowest BCUT2D eigenvalue weighted by Crippen LogP contribution is -2.38. The first-order chi connectivity index (χ1) is 19.1. The minimum atomic E-state index is -4.67. The van der Waals surface area contributed by atoms with Gasteiger partial charge in [-0.15, -0.1) is 0 Å². The number of hydrogen-bond donors (Lipinski definition) is 2. The Labute approximate surface area is 230 Å². The first-order valence-electron chi connectivity index (χ1n) is 12.3. The van der Waals surface area contributed by atoms with E-state index in [2.05, 4.69) is 25.1 Å². The summed E-state index contributed by atoms with van der Waals surface area (Å²) in [6, 6.07) is 11.0. The van der Waals surface area contributed by atoms with Crippen LogP contribution in [0.4, 0.5) is 0 Å². The molecule has 0 amide bonds. The van der Waals surface area contributed by atoms with Gasteiger partial charge >= 0.3 is 10.4 Å². The highest BCUT2D eigenvalue weighted by Crippen LogP contribution is 2.19. The zero-order chi connectivity index (χ0) is 28.5. The molecule has 0 atom stereocenters. The van der Waals surface area contributed by atoms with Crippen molar-refractivity contribution in [2.45, 2.75) is 6.54 Å². The molecule has 5 rings (SSSR count). The summed E-state index contributed by atoms with van der Waals surface area (Å²) in [6.07, 6.45) is 6.98. The molecule has 1 saturated heterocycles. The van der Waals surface area contributed by atoms with Gasteiger partial charge in [-0.25, -0.2) is 14.6 Å². The van der Waals surface area contributed by atoms with Gasteiger partial charge in [0.2, 0.25) is 0 Å². The van der Waals surface area contributed by atoms with Gasteiger partial charge in [0.15, 0.2) is 11.6 Å². The largest absolute Gasteiger partial charge is 0.489 e. The lowest BCUT2D eigenvalue weighted by Gasteiger charge is -2.26. The number of benzene rings is 1. The molecule has 15 heteroatoms. The molecule has 0 spiro atoms. The Bertz CT molecular complexity index is 1560. The third kappa shape index (κ3) is 9.03. The van der Waals surface area contributed by atoms with Crippen molar-refractivity contribution in [3.63, 3.8) is 0 Å². The van der Waals surface area contributed by atoms with Crippen LogP contribution in [0.3, 0.4) is 0 Å². The minimum absolute atomic E-state index is 0.169. The number of ether oxygens (including phenoxy) is 2. The molecule has 1 aliphatic rings. The molecule has 4 heterocycles. The van der Waals surface area contributed by atoms with Crippen LogP contribution in [0.25, 0.3) is 22.6 Å². The molecule has 2 N–H and O–H groups in total. The SMILES string of the molecule is Cn1cc(-c2ccc(=O)n(Cc3cccc(-c4ncc(OCCN5CCOCC5)cn4)c3)n2)cn1.O=S(=O)(O)O. The molecule has 40 heavy (non-hydrogen) atoms. The fourth-order valence-corrected chi connectivity index (χ4v) is 3.91. The van der Waals surface area contributed by atoms with Crippen molar-refractivity contribution in [3.8, 4) is 28.4 Å². The Morgan fingerprint density at radius 1 is 1.02 bits per heavy atom. The van der Waals surface area contributed by atoms with E-state index in [4.69, 9.17) is 27.0 Å². The van der Waals surface area contributed by atoms with E-state index in [0.717, 1.165) is 49.5 Å². The van der Waals surface area contributed by atoms with E-state index in [9.17, 15) is 4.79 Å². The van der Waals surface area contributed by atoms with Gasteiger partial charge in [-0.2, -0.15) is 18.6 Å². The Balaban J connectivity index is 0.000000681. The van der Waals surface area contributed by atoms with Gasteiger partial charge in [0, 0.05) is 50.1 Å². The van der Waals surface area contributed by atoms with Crippen LogP contribution in [0.1, 0.15) is 5.56 Å². The molecule has 0 radical (unpaired) electrons. The zero-order valence-corrected chi connectivity index (χ0v) is 22.5. The maximum atomic E-state index is 12.4. The highest BCUT2D eigenvalue weighted by Gasteiger charge is 2.11. The Morgan fingerprint density at radius 2 is 1.75 bits per heavy atom. The highest BCUT2D eigenvalue weighted by molar-refractivity contribution is 7.79. The average molecular weight is 572 g/mol. The second-order valence-corrected chi connectivity index (χ2v) is 9.71. The Kier molecular flexibility index (Phi) is 9.68.